The van der Waals surface area contributed by atoms with E-state index in [4.69, 9.17) is 4.18 Å². The summed E-state index contributed by atoms with van der Waals surface area (Å²) in [7, 11) is -4.21. The highest BCUT2D eigenvalue weighted by molar-refractivity contribution is 7.87. The number of hydrogen-bond donors (Lipinski definition) is 0. The summed E-state index contributed by atoms with van der Waals surface area (Å²) in [5.41, 5.74) is 0.425. The molecule has 0 aliphatic heterocycles. The Morgan fingerprint density at radius 2 is 1.59 bits per heavy atom. The van der Waals surface area contributed by atoms with Crippen molar-refractivity contribution in [2.45, 2.75) is 24.3 Å². The minimum atomic E-state index is -4.21. The van der Waals surface area contributed by atoms with E-state index in [1.807, 2.05) is 0 Å². The molecule has 0 spiro atoms. The standard InChI is InChI=1S/C24H21F2NO4S/c25-19-11-13-20(14-12-19)32(29,30)31-23-8-4-1-5-18(23)16-27(15-17-9-10-17)24(28)21-6-2-3-7-22(21)26/h1-8,11-14,17H,9-10,15-16H2. The van der Waals surface area contributed by atoms with Crippen LogP contribution in [0.2, 0.25) is 0 Å². The molecule has 0 aromatic heterocycles. The Hall–Kier alpha value is -3.26. The van der Waals surface area contributed by atoms with Crippen LogP contribution in [-0.2, 0) is 16.7 Å². The van der Waals surface area contributed by atoms with Crippen LogP contribution in [0.15, 0.2) is 77.7 Å². The Balaban J connectivity index is 1.61. The van der Waals surface area contributed by atoms with E-state index in [9.17, 15) is 22.0 Å². The van der Waals surface area contributed by atoms with E-state index in [0.717, 1.165) is 37.1 Å². The zero-order valence-electron chi connectivity index (χ0n) is 17.1. The van der Waals surface area contributed by atoms with Gasteiger partial charge in [0.1, 0.15) is 22.3 Å². The van der Waals surface area contributed by atoms with Gasteiger partial charge in [-0.05, 0) is 61.2 Å². The molecule has 1 aliphatic carbocycles. The van der Waals surface area contributed by atoms with Crippen molar-refractivity contribution in [3.8, 4) is 5.75 Å². The third-order valence-electron chi connectivity index (χ3n) is 5.20. The highest BCUT2D eigenvalue weighted by atomic mass is 32.2. The first-order valence-corrected chi connectivity index (χ1v) is 11.6. The number of rotatable bonds is 8. The van der Waals surface area contributed by atoms with Crippen LogP contribution >= 0.6 is 0 Å². The van der Waals surface area contributed by atoms with Crippen molar-refractivity contribution in [3.63, 3.8) is 0 Å². The second-order valence-electron chi connectivity index (χ2n) is 7.71. The third-order valence-corrected chi connectivity index (χ3v) is 6.45. The van der Waals surface area contributed by atoms with Gasteiger partial charge in [-0.3, -0.25) is 4.79 Å². The maximum Gasteiger partial charge on any atom is 0.339 e. The lowest BCUT2D eigenvalue weighted by Crippen LogP contribution is -2.33. The number of nitrogens with zero attached hydrogens (tertiary/aromatic N) is 1. The van der Waals surface area contributed by atoms with E-state index in [0.29, 0.717) is 18.0 Å². The molecular formula is C24H21F2NO4S. The molecule has 3 aromatic rings. The molecule has 0 atom stereocenters. The van der Waals surface area contributed by atoms with E-state index in [-0.39, 0.29) is 22.8 Å². The van der Waals surface area contributed by atoms with Crippen LogP contribution in [0.1, 0.15) is 28.8 Å². The molecule has 0 N–H and O–H groups in total. The average molecular weight is 457 g/mol. The van der Waals surface area contributed by atoms with Crippen molar-refractivity contribution in [2.75, 3.05) is 6.54 Å². The average Bonchev–Trinajstić information content (AvgIpc) is 3.59. The number of halogens is 2. The molecule has 0 bridgehead atoms. The van der Waals surface area contributed by atoms with Crippen LogP contribution in [0.25, 0.3) is 0 Å². The Kier molecular flexibility index (Phi) is 6.23. The van der Waals surface area contributed by atoms with Crippen molar-refractivity contribution < 1.29 is 26.2 Å². The predicted molar refractivity (Wildman–Crippen MR) is 115 cm³/mol. The molecule has 1 fully saturated rings. The first-order chi connectivity index (χ1) is 15.3. The van der Waals surface area contributed by atoms with Gasteiger partial charge < -0.3 is 9.08 Å². The molecule has 32 heavy (non-hydrogen) atoms. The zero-order chi connectivity index (χ0) is 22.7. The monoisotopic (exact) mass is 457 g/mol. The van der Waals surface area contributed by atoms with Crippen LogP contribution < -0.4 is 4.18 Å². The second kappa shape index (κ2) is 9.08. The second-order valence-corrected chi connectivity index (χ2v) is 9.25. The summed E-state index contributed by atoms with van der Waals surface area (Å²) in [6, 6.07) is 16.5. The fraction of sp³-hybridized carbons (Fsp3) is 0.208. The molecule has 0 radical (unpaired) electrons. The molecule has 4 rings (SSSR count). The van der Waals surface area contributed by atoms with Gasteiger partial charge in [-0.1, -0.05) is 30.3 Å². The number of carbonyl (C=O) groups excluding carboxylic acids is 1. The molecule has 1 amide bonds. The van der Waals surface area contributed by atoms with E-state index in [2.05, 4.69) is 0 Å². The minimum absolute atomic E-state index is 0.0366. The largest absolute Gasteiger partial charge is 0.379 e. The fourth-order valence-corrected chi connectivity index (χ4v) is 4.29. The van der Waals surface area contributed by atoms with Gasteiger partial charge >= 0.3 is 10.1 Å². The lowest BCUT2D eigenvalue weighted by Gasteiger charge is -2.24. The number of amides is 1. The van der Waals surface area contributed by atoms with Crippen molar-refractivity contribution in [1.29, 1.82) is 0 Å². The van der Waals surface area contributed by atoms with Gasteiger partial charge in [0.15, 0.2) is 0 Å². The number of benzene rings is 3. The lowest BCUT2D eigenvalue weighted by molar-refractivity contribution is 0.0729. The molecule has 8 heteroatoms. The van der Waals surface area contributed by atoms with E-state index in [1.165, 1.54) is 29.2 Å². The maximum atomic E-state index is 14.2. The summed E-state index contributed by atoms with van der Waals surface area (Å²) >= 11 is 0. The van der Waals surface area contributed by atoms with Crippen LogP contribution in [0.5, 0.6) is 5.75 Å². The van der Waals surface area contributed by atoms with Gasteiger partial charge in [0.2, 0.25) is 0 Å². The maximum absolute atomic E-state index is 14.2. The SMILES string of the molecule is O=C(c1ccccc1F)N(Cc1ccccc1OS(=O)(=O)c1ccc(F)cc1)CC1CC1. The quantitative estimate of drug-likeness (QED) is 0.457. The van der Waals surface area contributed by atoms with E-state index >= 15 is 0 Å². The van der Waals surface area contributed by atoms with E-state index in [1.54, 1.807) is 24.3 Å². The molecule has 3 aromatic carbocycles. The molecule has 5 nitrogen and oxygen atoms in total. The summed E-state index contributed by atoms with van der Waals surface area (Å²) in [4.78, 5) is 14.4. The van der Waals surface area contributed by atoms with Crippen LogP contribution in [0.4, 0.5) is 8.78 Å². The number of carbonyl (C=O) groups is 1. The van der Waals surface area contributed by atoms with Gasteiger partial charge in [-0.25, -0.2) is 8.78 Å². The molecular weight excluding hydrogens is 436 g/mol. The molecule has 166 valence electrons. The molecule has 0 unspecified atom stereocenters. The smallest absolute Gasteiger partial charge is 0.339 e. The van der Waals surface area contributed by atoms with Crippen LogP contribution in [-0.4, -0.2) is 25.8 Å². The van der Waals surface area contributed by atoms with Gasteiger partial charge in [-0.15, -0.1) is 0 Å². The lowest BCUT2D eigenvalue weighted by atomic mass is 10.1. The highest BCUT2D eigenvalue weighted by Gasteiger charge is 2.29. The van der Waals surface area contributed by atoms with E-state index < -0.39 is 27.7 Å². The number of para-hydroxylation sites is 1. The fourth-order valence-electron chi connectivity index (χ4n) is 3.33. The Morgan fingerprint density at radius 1 is 0.938 bits per heavy atom. The first kappa shape index (κ1) is 22.0. The molecule has 1 saturated carbocycles. The predicted octanol–water partition coefficient (Wildman–Crippen LogP) is 4.78. The van der Waals surface area contributed by atoms with Crippen molar-refractivity contribution >= 4 is 16.0 Å². The Labute approximate surface area is 185 Å². The zero-order valence-corrected chi connectivity index (χ0v) is 17.9. The third kappa shape index (κ3) is 5.13. The first-order valence-electron chi connectivity index (χ1n) is 10.2. The minimum Gasteiger partial charge on any atom is -0.379 e. The van der Waals surface area contributed by atoms with Gasteiger partial charge in [0.25, 0.3) is 5.91 Å². The topological polar surface area (TPSA) is 63.7 Å². The van der Waals surface area contributed by atoms with Gasteiger partial charge in [0.05, 0.1) is 5.56 Å². The Morgan fingerprint density at radius 3 is 2.28 bits per heavy atom. The van der Waals surface area contributed by atoms with Gasteiger partial charge in [-0.2, -0.15) is 8.42 Å². The van der Waals surface area contributed by atoms with Gasteiger partial charge in [0, 0.05) is 18.7 Å². The molecule has 0 heterocycles. The van der Waals surface area contributed by atoms with Crippen molar-refractivity contribution in [1.82, 2.24) is 4.90 Å². The summed E-state index contributed by atoms with van der Waals surface area (Å²) in [6.45, 7) is 0.491. The highest BCUT2D eigenvalue weighted by Crippen LogP contribution is 2.32. The normalized spacial score (nSPS) is 13.6. The van der Waals surface area contributed by atoms with Crippen molar-refractivity contribution in [2.24, 2.45) is 5.92 Å². The Bertz CT molecular complexity index is 1220. The summed E-state index contributed by atoms with van der Waals surface area (Å²) in [5.74, 6) is -1.25. The summed E-state index contributed by atoms with van der Waals surface area (Å²) < 4.78 is 58.0. The van der Waals surface area contributed by atoms with Crippen LogP contribution in [0, 0.1) is 17.6 Å². The summed E-state index contributed by atoms with van der Waals surface area (Å²) in [5, 5.41) is 0. The number of hydrogen-bond acceptors (Lipinski definition) is 4. The molecule has 1 aliphatic rings. The molecule has 0 saturated heterocycles. The summed E-state index contributed by atoms with van der Waals surface area (Å²) in [6.07, 6.45) is 1.97. The van der Waals surface area contributed by atoms with Crippen LogP contribution in [0.3, 0.4) is 0 Å². The van der Waals surface area contributed by atoms with Crippen molar-refractivity contribution in [3.05, 3.63) is 95.6 Å².